The van der Waals surface area contributed by atoms with Gasteiger partial charge in [0, 0.05) is 9.38 Å². The number of benzene rings is 1. The molecule has 6 heteroatoms. The number of azide groups is 1. The van der Waals surface area contributed by atoms with Gasteiger partial charge < -0.3 is 5.11 Å². The maximum absolute atomic E-state index is 10.6. The first-order chi connectivity index (χ1) is 6.16. The first-order valence-electron chi connectivity index (χ1n) is 3.23. The van der Waals surface area contributed by atoms with Crippen molar-refractivity contribution in [1.29, 1.82) is 0 Å². The second-order valence-electron chi connectivity index (χ2n) is 2.13. The third kappa shape index (κ3) is 1.99. The lowest BCUT2D eigenvalue weighted by Crippen LogP contribution is -1.96. The summed E-state index contributed by atoms with van der Waals surface area (Å²) in [7, 11) is 0. The fourth-order valence-corrected chi connectivity index (χ4v) is 1.28. The van der Waals surface area contributed by atoms with Gasteiger partial charge in [0.1, 0.15) is 0 Å². The fraction of sp³-hybridized carbons (Fsp3) is 0. The maximum atomic E-state index is 10.6. The number of carboxylic acid groups (broad SMARTS) is 1. The monoisotopic (exact) mass is 241 g/mol. The van der Waals surface area contributed by atoms with Crippen molar-refractivity contribution in [3.8, 4) is 0 Å². The average molecular weight is 242 g/mol. The van der Waals surface area contributed by atoms with Crippen LogP contribution in [0.1, 0.15) is 10.4 Å². The van der Waals surface area contributed by atoms with Crippen LogP contribution in [0.15, 0.2) is 27.8 Å². The molecule has 0 saturated heterocycles. The quantitative estimate of drug-likeness (QED) is 0.490. The van der Waals surface area contributed by atoms with Gasteiger partial charge in [-0.3, -0.25) is 0 Å². The Morgan fingerprint density at radius 3 is 2.85 bits per heavy atom. The highest BCUT2D eigenvalue weighted by Gasteiger charge is 2.10. The molecule has 0 atom stereocenters. The summed E-state index contributed by atoms with van der Waals surface area (Å²) < 4.78 is 0.463. The van der Waals surface area contributed by atoms with Gasteiger partial charge in [-0.05, 0) is 17.7 Å². The lowest BCUT2D eigenvalue weighted by Gasteiger charge is -2.00. The molecule has 0 radical (unpaired) electrons. The summed E-state index contributed by atoms with van der Waals surface area (Å²) in [4.78, 5) is 13.2. The molecule has 0 bridgehead atoms. The van der Waals surface area contributed by atoms with Gasteiger partial charge in [-0.1, -0.05) is 27.1 Å². The fourth-order valence-electron chi connectivity index (χ4n) is 0.834. The zero-order chi connectivity index (χ0) is 9.84. The van der Waals surface area contributed by atoms with Gasteiger partial charge in [-0.15, -0.1) is 0 Å². The zero-order valence-electron chi connectivity index (χ0n) is 6.31. The maximum Gasteiger partial charge on any atom is 0.336 e. The van der Waals surface area contributed by atoms with Crippen LogP contribution in [-0.4, -0.2) is 11.1 Å². The minimum atomic E-state index is -1.12. The summed E-state index contributed by atoms with van der Waals surface area (Å²) in [6.45, 7) is 0. The van der Waals surface area contributed by atoms with Gasteiger partial charge in [-0.2, -0.15) is 0 Å². The molecule has 0 aliphatic carbocycles. The smallest absolute Gasteiger partial charge is 0.336 e. The van der Waals surface area contributed by atoms with E-state index in [0.29, 0.717) is 4.47 Å². The van der Waals surface area contributed by atoms with E-state index < -0.39 is 5.97 Å². The Morgan fingerprint density at radius 1 is 1.62 bits per heavy atom. The predicted octanol–water partition coefficient (Wildman–Crippen LogP) is 3.09. The van der Waals surface area contributed by atoms with E-state index in [0.717, 1.165) is 0 Å². The summed E-state index contributed by atoms with van der Waals surface area (Å²) in [5, 5.41) is 12.0. The lowest BCUT2D eigenvalue weighted by molar-refractivity contribution is 0.0698. The minimum absolute atomic E-state index is 0.0211. The average Bonchev–Trinajstić information content (AvgIpc) is 2.08. The highest BCUT2D eigenvalue weighted by atomic mass is 79.9. The first kappa shape index (κ1) is 9.57. The topological polar surface area (TPSA) is 86.1 Å². The number of aromatic carboxylic acids is 1. The Hall–Kier alpha value is -1.52. The van der Waals surface area contributed by atoms with E-state index >= 15 is 0 Å². The summed E-state index contributed by atoms with van der Waals surface area (Å²) in [6, 6.07) is 4.54. The van der Waals surface area contributed by atoms with Gasteiger partial charge in [0.15, 0.2) is 0 Å². The largest absolute Gasteiger partial charge is 0.478 e. The Labute approximate surface area is 81.8 Å². The predicted molar refractivity (Wildman–Crippen MR) is 49.9 cm³/mol. The molecule has 0 heterocycles. The molecule has 1 aromatic carbocycles. The Bertz CT molecular complexity index is 399. The number of nitrogens with zero attached hydrogens (tertiary/aromatic N) is 3. The second-order valence-corrected chi connectivity index (χ2v) is 2.98. The summed E-state index contributed by atoms with van der Waals surface area (Å²) in [5.41, 5.74) is 8.27. The molecule has 0 aliphatic rings. The molecular weight excluding hydrogens is 238 g/mol. The molecule has 0 spiro atoms. The lowest BCUT2D eigenvalue weighted by atomic mass is 10.2. The third-order valence-electron chi connectivity index (χ3n) is 1.36. The summed E-state index contributed by atoms with van der Waals surface area (Å²) >= 11 is 3.09. The Balaban J connectivity index is 3.42. The third-order valence-corrected chi connectivity index (χ3v) is 2.00. The van der Waals surface area contributed by atoms with Gasteiger partial charge in [0.05, 0.1) is 11.3 Å². The number of rotatable bonds is 2. The van der Waals surface area contributed by atoms with Crippen molar-refractivity contribution in [3.05, 3.63) is 38.7 Å². The van der Waals surface area contributed by atoms with Crippen molar-refractivity contribution in [2.75, 3.05) is 0 Å². The van der Waals surface area contributed by atoms with Crippen LogP contribution in [0.4, 0.5) is 5.69 Å². The van der Waals surface area contributed by atoms with E-state index in [1.54, 1.807) is 12.1 Å². The highest BCUT2D eigenvalue weighted by molar-refractivity contribution is 9.10. The van der Waals surface area contributed by atoms with E-state index in [-0.39, 0.29) is 11.3 Å². The first-order valence-corrected chi connectivity index (χ1v) is 4.03. The van der Waals surface area contributed by atoms with Crippen molar-refractivity contribution in [2.24, 2.45) is 5.11 Å². The summed E-state index contributed by atoms with van der Waals surface area (Å²) in [6.07, 6.45) is 0. The van der Waals surface area contributed by atoms with Crippen molar-refractivity contribution in [1.82, 2.24) is 0 Å². The summed E-state index contributed by atoms with van der Waals surface area (Å²) in [5.74, 6) is -1.12. The molecule has 0 amide bonds. The SMILES string of the molecule is [N-]=[N+]=Nc1c(Br)cccc1C(=O)O. The number of carboxylic acids is 1. The van der Waals surface area contributed by atoms with E-state index in [9.17, 15) is 4.79 Å². The van der Waals surface area contributed by atoms with Gasteiger partial charge in [-0.25, -0.2) is 4.79 Å². The molecule has 5 nitrogen and oxygen atoms in total. The van der Waals surface area contributed by atoms with Crippen LogP contribution < -0.4 is 0 Å². The van der Waals surface area contributed by atoms with Crippen molar-refractivity contribution < 1.29 is 9.90 Å². The van der Waals surface area contributed by atoms with Crippen LogP contribution in [0.5, 0.6) is 0 Å². The standard InChI is InChI=1S/C7H4BrN3O2/c8-5-3-1-2-4(7(12)13)6(5)10-11-9/h1-3H,(H,12,13). The van der Waals surface area contributed by atoms with Crippen molar-refractivity contribution >= 4 is 27.6 Å². The number of halogens is 1. The normalized spacial score (nSPS) is 9.00. The molecule has 0 aromatic heterocycles. The molecule has 0 unspecified atom stereocenters. The number of hydrogen-bond acceptors (Lipinski definition) is 2. The molecule has 13 heavy (non-hydrogen) atoms. The minimum Gasteiger partial charge on any atom is -0.478 e. The number of hydrogen-bond donors (Lipinski definition) is 1. The van der Waals surface area contributed by atoms with Crippen molar-refractivity contribution in [3.63, 3.8) is 0 Å². The van der Waals surface area contributed by atoms with E-state index in [4.69, 9.17) is 10.6 Å². The molecule has 0 saturated carbocycles. The van der Waals surface area contributed by atoms with E-state index in [1.165, 1.54) is 6.07 Å². The van der Waals surface area contributed by atoms with Gasteiger partial charge >= 0.3 is 5.97 Å². The highest BCUT2D eigenvalue weighted by Crippen LogP contribution is 2.29. The molecule has 66 valence electrons. The van der Waals surface area contributed by atoms with Crippen LogP contribution in [0.2, 0.25) is 0 Å². The van der Waals surface area contributed by atoms with Crippen LogP contribution in [-0.2, 0) is 0 Å². The molecule has 0 fully saturated rings. The van der Waals surface area contributed by atoms with Gasteiger partial charge in [0.25, 0.3) is 0 Å². The van der Waals surface area contributed by atoms with Crippen LogP contribution in [0, 0.1) is 0 Å². The Morgan fingerprint density at radius 2 is 2.31 bits per heavy atom. The zero-order valence-corrected chi connectivity index (χ0v) is 7.89. The molecular formula is C7H4BrN3O2. The second kappa shape index (κ2) is 3.93. The van der Waals surface area contributed by atoms with Crippen LogP contribution in [0.25, 0.3) is 10.4 Å². The molecule has 1 aromatic rings. The molecule has 1 N–H and O–H groups in total. The van der Waals surface area contributed by atoms with Gasteiger partial charge in [0.2, 0.25) is 0 Å². The van der Waals surface area contributed by atoms with E-state index in [1.807, 2.05) is 0 Å². The van der Waals surface area contributed by atoms with Crippen molar-refractivity contribution in [2.45, 2.75) is 0 Å². The molecule has 1 rings (SSSR count). The molecule has 0 aliphatic heterocycles. The Kier molecular flexibility index (Phi) is 2.89. The van der Waals surface area contributed by atoms with Crippen LogP contribution in [0.3, 0.4) is 0 Å². The van der Waals surface area contributed by atoms with E-state index in [2.05, 4.69) is 26.0 Å². The number of carbonyl (C=O) groups is 1. The van der Waals surface area contributed by atoms with Crippen LogP contribution >= 0.6 is 15.9 Å².